The zero-order valence-corrected chi connectivity index (χ0v) is 18.3. The Balaban J connectivity index is 2.47. The predicted octanol–water partition coefficient (Wildman–Crippen LogP) is 3.74. The molecule has 0 amide bonds. The third-order valence-electron chi connectivity index (χ3n) is 5.27. The van der Waals surface area contributed by atoms with Crippen molar-refractivity contribution in [1.82, 2.24) is 19.8 Å². The molecule has 1 aromatic carbocycles. The van der Waals surface area contributed by atoms with Crippen molar-refractivity contribution in [1.29, 1.82) is 0 Å². The van der Waals surface area contributed by atoms with E-state index >= 15 is 0 Å². The van der Waals surface area contributed by atoms with Crippen LogP contribution in [-0.4, -0.2) is 63.2 Å². The van der Waals surface area contributed by atoms with Crippen LogP contribution in [0.3, 0.4) is 0 Å². The van der Waals surface area contributed by atoms with Crippen molar-refractivity contribution in [2.24, 2.45) is 0 Å². The molecule has 0 aliphatic heterocycles. The van der Waals surface area contributed by atoms with Crippen molar-refractivity contribution in [3.63, 3.8) is 0 Å². The number of anilines is 2. The third-order valence-corrected chi connectivity index (χ3v) is 5.27. The number of rotatable bonds is 11. The monoisotopic (exact) mass is 403 g/mol. The molecular formula is C20H33N7O2. The van der Waals surface area contributed by atoms with Crippen LogP contribution in [0, 0.1) is 10.1 Å². The van der Waals surface area contributed by atoms with E-state index in [1.54, 1.807) is 6.07 Å². The van der Waals surface area contributed by atoms with Gasteiger partial charge in [-0.2, -0.15) is 0 Å². The second kappa shape index (κ2) is 10.3. The molecule has 0 saturated heterocycles. The molecule has 29 heavy (non-hydrogen) atoms. The molecule has 0 fully saturated rings. The van der Waals surface area contributed by atoms with Crippen molar-refractivity contribution in [2.45, 2.75) is 53.9 Å². The number of benzene rings is 1. The summed E-state index contributed by atoms with van der Waals surface area (Å²) in [6.07, 6.45) is 0.110. The van der Waals surface area contributed by atoms with Gasteiger partial charge in [0.2, 0.25) is 0 Å². The molecule has 0 saturated carbocycles. The maximum absolute atomic E-state index is 11.1. The van der Waals surface area contributed by atoms with E-state index in [0.29, 0.717) is 22.7 Å². The zero-order chi connectivity index (χ0) is 21.6. The standard InChI is InChI=1S/C20H33N7O2/c1-7-25(8-2)14(5)21-19-20(22-15(6)26(9-3)10-4)24-18-13-16(27(28)29)11-12-17(18)23-19/h11-15H,7-10H2,1-6H3,(H,21,23)(H,22,24). The average Bonchev–Trinajstić information content (AvgIpc) is 2.69. The summed E-state index contributed by atoms with van der Waals surface area (Å²) in [5.74, 6) is 1.24. The molecule has 160 valence electrons. The van der Waals surface area contributed by atoms with E-state index in [-0.39, 0.29) is 18.0 Å². The first-order valence-electron chi connectivity index (χ1n) is 10.3. The third kappa shape index (κ3) is 5.51. The van der Waals surface area contributed by atoms with Gasteiger partial charge in [-0.15, -0.1) is 0 Å². The van der Waals surface area contributed by atoms with Crippen LogP contribution in [-0.2, 0) is 0 Å². The van der Waals surface area contributed by atoms with Gasteiger partial charge in [0.15, 0.2) is 11.6 Å². The smallest absolute Gasteiger partial charge is 0.271 e. The number of aromatic nitrogens is 2. The first-order chi connectivity index (χ1) is 13.8. The Morgan fingerprint density at radius 2 is 1.34 bits per heavy atom. The van der Waals surface area contributed by atoms with E-state index in [0.717, 1.165) is 26.2 Å². The lowest BCUT2D eigenvalue weighted by Gasteiger charge is -2.30. The molecule has 9 heteroatoms. The van der Waals surface area contributed by atoms with Crippen LogP contribution in [0.25, 0.3) is 11.0 Å². The van der Waals surface area contributed by atoms with E-state index < -0.39 is 4.92 Å². The van der Waals surface area contributed by atoms with E-state index in [9.17, 15) is 10.1 Å². The molecule has 2 rings (SSSR count). The van der Waals surface area contributed by atoms with Gasteiger partial charge in [0.1, 0.15) is 0 Å². The number of nitrogens with zero attached hydrogens (tertiary/aromatic N) is 5. The molecule has 9 nitrogen and oxygen atoms in total. The van der Waals surface area contributed by atoms with Gasteiger partial charge in [-0.3, -0.25) is 19.9 Å². The van der Waals surface area contributed by atoms with Gasteiger partial charge in [-0.05, 0) is 46.1 Å². The lowest BCUT2D eigenvalue weighted by molar-refractivity contribution is -0.384. The van der Waals surface area contributed by atoms with Crippen LogP contribution in [0.2, 0.25) is 0 Å². The van der Waals surface area contributed by atoms with Gasteiger partial charge >= 0.3 is 0 Å². The van der Waals surface area contributed by atoms with Gasteiger partial charge in [-0.25, -0.2) is 9.97 Å². The highest BCUT2D eigenvalue weighted by molar-refractivity contribution is 5.82. The summed E-state index contributed by atoms with van der Waals surface area (Å²) >= 11 is 0. The van der Waals surface area contributed by atoms with Gasteiger partial charge in [-0.1, -0.05) is 27.7 Å². The van der Waals surface area contributed by atoms with Gasteiger partial charge < -0.3 is 10.6 Å². The van der Waals surface area contributed by atoms with Gasteiger partial charge in [0.05, 0.1) is 28.3 Å². The Morgan fingerprint density at radius 3 is 1.76 bits per heavy atom. The van der Waals surface area contributed by atoms with Crippen molar-refractivity contribution >= 4 is 28.4 Å². The van der Waals surface area contributed by atoms with Crippen LogP contribution >= 0.6 is 0 Å². The highest BCUT2D eigenvalue weighted by atomic mass is 16.6. The van der Waals surface area contributed by atoms with Gasteiger partial charge in [0, 0.05) is 12.1 Å². The quantitative estimate of drug-likeness (QED) is 0.333. The number of nitrogens with one attached hydrogen (secondary N) is 2. The SMILES string of the molecule is CCN(CC)C(C)Nc1nc2ccc([N+](=O)[O-])cc2nc1NC(C)N(CC)CC. The van der Waals surface area contributed by atoms with Crippen LogP contribution in [0.1, 0.15) is 41.5 Å². The van der Waals surface area contributed by atoms with Crippen molar-refractivity contribution in [3.8, 4) is 0 Å². The minimum Gasteiger partial charge on any atom is -0.352 e. The fraction of sp³-hybridized carbons (Fsp3) is 0.600. The Kier molecular flexibility index (Phi) is 8.10. The zero-order valence-electron chi connectivity index (χ0n) is 18.3. The molecule has 2 unspecified atom stereocenters. The van der Waals surface area contributed by atoms with Crippen LogP contribution in [0.5, 0.6) is 0 Å². The summed E-state index contributed by atoms with van der Waals surface area (Å²) in [4.78, 5) is 24.7. The highest BCUT2D eigenvalue weighted by Gasteiger charge is 2.19. The van der Waals surface area contributed by atoms with Gasteiger partial charge in [0.25, 0.3) is 5.69 Å². The summed E-state index contributed by atoms with van der Waals surface area (Å²) in [7, 11) is 0. The van der Waals surface area contributed by atoms with E-state index in [1.165, 1.54) is 12.1 Å². The summed E-state index contributed by atoms with van der Waals surface area (Å²) in [6, 6.07) is 4.57. The molecule has 1 heterocycles. The first kappa shape index (κ1) is 22.8. The number of nitro benzene ring substituents is 1. The second-order valence-corrected chi connectivity index (χ2v) is 6.93. The largest absolute Gasteiger partial charge is 0.352 e. The lowest BCUT2D eigenvalue weighted by Crippen LogP contribution is -2.40. The maximum Gasteiger partial charge on any atom is 0.271 e. The molecule has 2 aromatic rings. The van der Waals surface area contributed by atoms with Crippen LogP contribution < -0.4 is 10.6 Å². The predicted molar refractivity (Wildman–Crippen MR) is 118 cm³/mol. The maximum atomic E-state index is 11.1. The van der Waals surface area contributed by atoms with Crippen LogP contribution in [0.15, 0.2) is 18.2 Å². The molecule has 2 atom stereocenters. The lowest BCUT2D eigenvalue weighted by atomic mass is 10.2. The van der Waals surface area contributed by atoms with Crippen molar-refractivity contribution < 1.29 is 4.92 Å². The normalized spacial score (nSPS) is 13.7. The summed E-state index contributed by atoms with van der Waals surface area (Å²) in [5, 5.41) is 18.0. The molecule has 0 bridgehead atoms. The number of hydrogen-bond acceptors (Lipinski definition) is 8. The number of nitro groups is 1. The van der Waals surface area contributed by atoms with Crippen molar-refractivity contribution in [3.05, 3.63) is 28.3 Å². The highest BCUT2D eigenvalue weighted by Crippen LogP contribution is 2.26. The Bertz CT molecular complexity index is 822. The fourth-order valence-electron chi connectivity index (χ4n) is 3.48. The Morgan fingerprint density at radius 1 is 0.897 bits per heavy atom. The Hall–Kier alpha value is -2.52. The minimum absolute atomic E-state index is 0.00626. The van der Waals surface area contributed by atoms with Crippen LogP contribution in [0.4, 0.5) is 17.3 Å². The Labute approximate surface area is 172 Å². The molecule has 0 aliphatic rings. The molecule has 0 spiro atoms. The fourth-order valence-corrected chi connectivity index (χ4v) is 3.48. The number of non-ortho nitro benzene ring substituents is 1. The van der Waals surface area contributed by atoms with E-state index in [2.05, 4.69) is 67.0 Å². The summed E-state index contributed by atoms with van der Waals surface area (Å²) in [5.41, 5.74) is 1.12. The molecular weight excluding hydrogens is 370 g/mol. The summed E-state index contributed by atoms with van der Waals surface area (Å²) < 4.78 is 0. The minimum atomic E-state index is -0.415. The summed E-state index contributed by atoms with van der Waals surface area (Å²) in [6.45, 7) is 16.2. The van der Waals surface area contributed by atoms with Crippen molar-refractivity contribution in [2.75, 3.05) is 36.8 Å². The average molecular weight is 404 g/mol. The molecule has 1 aromatic heterocycles. The number of fused-ring (bicyclic) bond motifs is 1. The topological polar surface area (TPSA) is 99.5 Å². The number of hydrogen-bond donors (Lipinski definition) is 2. The first-order valence-corrected chi connectivity index (χ1v) is 10.3. The molecule has 2 N–H and O–H groups in total. The van der Waals surface area contributed by atoms with E-state index in [4.69, 9.17) is 4.98 Å². The second-order valence-electron chi connectivity index (χ2n) is 6.93. The molecule has 0 aliphatic carbocycles. The molecule has 0 radical (unpaired) electrons. The van der Waals surface area contributed by atoms with E-state index in [1.807, 2.05) is 0 Å².